The maximum absolute atomic E-state index is 9.74. The van der Waals surface area contributed by atoms with Crippen LogP contribution in [0.2, 0.25) is 0 Å². The van der Waals surface area contributed by atoms with E-state index in [9.17, 15) is 4.79 Å². The van der Waals surface area contributed by atoms with E-state index < -0.39 is 0 Å². The summed E-state index contributed by atoms with van der Waals surface area (Å²) in [5.41, 5.74) is 5.45. The summed E-state index contributed by atoms with van der Waals surface area (Å²) in [4.78, 5) is 9.74. The lowest BCUT2D eigenvalue weighted by molar-refractivity contribution is -0.110. The topological polar surface area (TPSA) is 37.3 Å². The van der Waals surface area contributed by atoms with Gasteiger partial charge in [0.1, 0.15) is 6.29 Å². The first kappa shape index (κ1) is 76.8. The minimum atomic E-state index is 0.0989. The normalized spacial score (nSPS) is 11.4. The van der Waals surface area contributed by atoms with Gasteiger partial charge in [0.2, 0.25) is 0 Å². The van der Waals surface area contributed by atoms with E-state index in [0.717, 1.165) is 42.1 Å². The Balaban J connectivity index is -0.000000151. The summed E-state index contributed by atoms with van der Waals surface area (Å²) in [7, 11) is 0. The molecule has 0 heterocycles. The van der Waals surface area contributed by atoms with Crippen molar-refractivity contribution in [3.05, 3.63) is 82.9 Å². The van der Waals surface area contributed by atoms with E-state index in [1.807, 2.05) is 60.6 Å². The lowest BCUT2D eigenvalue weighted by Crippen LogP contribution is -2.10. The number of benzene rings is 2. The smallest absolute Gasteiger partial charge is 0.122 e. The van der Waals surface area contributed by atoms with Crippen molar-refractivity contribution in [1.29, 1.82) is 0 Å². The van der Waals surface area contributed by atoms with E-state index in [2.05, 4.69) is 165 Å². The molecule has 386 valence electrons. The Morgan fingerprint density at radius 1 is 0.585 bits per heavy atom. The van der Waals surface area contributed by atoms with Crippen LogP contribution in [-0.2, 0) is 11.4 Å². The van der Waals surface area contributed by atoms with Gasteiger partial charge in [-0.1, -0.05) is 308 Å². The van der Waals surface area contributed by atoms with Crippen molar-refractivity contribution in [2.24, 2.45) is 23.2 Å². The third kappa shape index (κ3) is 59.5. The summed E-state index contributed by atoms with van der Waals surface area (Å²) in [6, 6.07) is 17.3. The van der Waals surface area contributed by atoms with E-state index in [0.29, 0.717) is 11.3 Å². The van der Waals surface area contributed by atoms with Crippen molar-refractivity contribution in [3.63, 3.8) is 0 Å². The van der Waals surface area contributed by atoms with E-state index in [4.69, 9.17) is 5.11 Å². The van der Waals surface area contributed by atoms with Gasteiger partial charge in [-0.15, -0.1) is 0 Å². The van der Waals surface area contributed by atoms with Gasteiger partial charge in [0.25, 0.3) is 0 Å². The van der Waals surface area contributed by atoms with Crippen molar-refractivity contribution in [2.45, 2.75) is 280 Å². The van der Waals surface area contributed by atoms with E-state index in [1.54, 1.807) is 0 Å². The second-order valence-corrected chi connectivity index (χ2v) is 17.9. The Morgan fingerprint density at radius 2 is 1.05 bits per heavy atom. The molecule has 0 radical (unpaired) electrons. The molecule has 3 unspecified atom stereocenters. The van der Waals surface area contributed by atoms with Crippen LogP contribution < -0.4 is 0 Å². The van der Waals surface area contributed by atoms with Crippen LogP contribution in [-0.4, -0.2) is 11.4 Å². The number of hydrogen-bond donors (Lipinski definition) is 1. The zero-order chi connectivity index (χ0) is 51.7. The highest BCUT2D eigenvalue weighted by atomic mass is 16.3. The third-order valence-corrected chi connectivity index (χ3v) is 11.2. The van der Waals surface area contributed by atoms with Crippen LogP contribution in [0.1, 0.15) is 296 Å². The quantitative estimate of drug-likeness (QED) is 0.0553. The van der Waals surface area contributed by atoms with Crippen LogP contribution in [0.3, 0.4) is 0 Å². The zero-order valence-corrected chi connectivity index (χ0v) is 48.6. The van der Waals surface area contributed by atoms with Crippen molar-refractivity contribution in [2.75, 3.05) is 0 Å². The molecule has 0 aromatic heterocycles. The third-order valence-electron chi connectivity index (χ3n) is 11.2. The molecule has 2 nitrogen and oxygen atoms in total. The summed E-state index contributed by atoms with van der Waals surface area (Å²) >= 11 is 0. The van der Waals surface area contributed by atoms with Crippen LogP contribution in [0.25, 0.3) is 12.2 Å². The number of aliphatic hydroxyl groups is 1. The Morgan fingerprint density at radius 3 is 1.31 bits per heavy atom. The Hall–Kier alpha value is -2.45. The van der Waals surface area contributed by atoms with Gasteiger partial charge in [-0.3, -0.25) is 0 Å². The predicted molar refractivity (Wildman–Crippen MR) is 307 cm³/mol. The molecule has 2 aromatic rings. The molecular formula is C63H122O2. The highest BCUT2D eigenvalue weighted by Crippen LogP contribution is 2.33. The van der Waals surface area contributed by atoms with Gasteiger partial charge in [0.05, 0.1) is 6.61 Å². The van der Waals surface area contributed by atoms with Gasteiger partial charge in [-0.05, 0) is 78.0 Å². The van der Waals surface area contributed by atoms with Crippen LogP contribution in [0, 0.1) is 23.2 Å². The minimum absolute atomic E-state index is 0.0989. The number of hydrogen-bond acceptors (Lipinski definition) is 2. The molecule has 0 bridgehead atoms. The first-order chi connectivity index (χ1) is 31.2. The number of allylic oxidation sites excluding steroid dienone is 2. The summed E-state index contributed by atoms with van der Waals surface area (Å²) in [6.45, 7) is 47.7. The maximum atomic E-state index is 9.74. The van der Waals surface area contributed by atoms with Crippen molar-refractivity contribution in [1.82, 2.24) is 0 Å². The Labute approximate surface area is 413 Å². The van der Waals surface area contributed by atoms with E-state index in [-0.39, 0.29) is 12.5 Å². The average Bonchev–Trinajstić information content (AvgIpc) is 3.35. The molecule has 0 aliphatic heterocycles. The molecule has 65 heavy (non-hydrogen) atoms. The molecule has 0 saturated carbocycles. The molecule has 3 atom stereocenters. The monoisotopic (exact) mass is 911 g/mol. The molecule has 0 amide bonds. The van der Waals surface area contributed by atoms with Crippen molar-refractivity contribution >= 4 is 18.4 Å². The van der Waals surface area contributed by atoms with E-state index >= 15 is 0 Å². The standard InChI is InChI=1S/C28H40O.C8H18.C6H14.C5H10O.C5H10.C4H10.C3H8.2C2H6/c1-4-6-8-9-10-23(3)28(11-7-5-2)27-20-18-25(19-21-27)13-12-24-14-16-26(22-29)17-15-24;1-5-7-8(3,4)6-2;1-4-6(3)5-2;1-3-5(2)4-6;1-3-5-4-2;1-3-4-2;1-3-2;2*1-2/h12-21,23,28-29H,4-11,22H2,1-3H3;5-7H2,1-4H3;6H,4-5H2,1-3H3;4-5H,3H2,1-2H3;3,5H,4H2,1-2H3;3-4H2,1-2H3;3H2,1-2H3;2*1-2H3/b13-12+;;;;5-3-;;;;. The second kappa shape index (κ2) is 63.6. The average molecular weight is 912 g/mol. The Bertz CT molecular complexity index is 1150. The van der Waals surface area contributed by atoms with Crippen molar-refractivity contribution < 1.29 is 9.90 Å². The largest absolute Gasteiger partial charge is 0.392 e. The molecule has 0 aliphatic rings. The van der Waals surface area contributed by atoms with Gasteiger partial charge in [-0.2, -0.15) is 0 Å². The lowest BCUT2D eigenvalue weighted by atomic mass is 9.80. The predicted octanol–water partition coefficient (Wildman–Crippen LogP) is 22.4. The first-order valence-electron chi connectivity index (χ1n) is 27.7. The summed E-state index contributed by atoms with van der Waals surface area (Å²) in [6.07, 6.45) is 32.8. The number of aldehydes is 1. The fourth-order valence-electron chi connectivity index (χ4n) is 5.55. The maximum Gasteiger partial charge on any atom is 0.122 e. The molecule has 2 heteroatoms. The van der Waals surface area contributed by atoms with Crippen LogP contribution in [0.15, 0.2) is 60.7 Å². The molecule has 1 N–H and O–H groups in total. The van der Waals surface area contributed by atoms with Crippen LogP contribution in [0.5, 0.6) is 0 Å². The first-order valence-corrected chi connectivity index (χ1v) is 27.7. The lowest BCUT2D eigenvalue weighted by Gasteiger charge is -2.25. The molecule has 0 spiro atoms. The minimum Gasteiger partial charge on any atom is -0.392 e. The van der Waals surface area contributed by atoms with Gasteiger partial charge in [0, 0.05) is 5.92 Å². The number of unbranched alkanes of at least 4 members (excludes halogenated alkanes) is 5. The van der Waals surface area contributed by atoms with Crippen LogP contribution >= 0.6 is 0 Å². The molecule has 0 aliphatic carbocycles. The zero-order valence-electron chi connectivity index (χ0n) is 48.6. The number of carbonyl (C=O) groups is 1. The number of aliphatic hydroxyl groups excluding tert-OH is 1. The molecule has 2 aromatic carbocycles. The summed E-state index contributed by atoms with van der Waals surface area (Å²) in [5.74, 6) is 2.63. The van der Waals surface area contributed by atoms with Gasteiger partial charge < -0.3 is 9.90 Å². The molecule has 0 saturated heterocycles. The highest BCUT2D eigenvalue weighted by molar-refractivity contribution is 5.69. The summed E-state index contributed by atoms with van der Waals surface area (Å²) < 4.78 is 0. The Kier molecular flexibility index (Phi) is 75.2. The van der Waals surface area contributed by atoms with Gasteiger partial charge in [-0.25, -0.2) is 0 Å². The van der Waals surface area contributed by atoms with Gasteiger partial charge >= 0.3 is 0 Å². The SMILES string of the molecule is C/C=C\CC.CC.CC.CCC.CCC(C)C=O.CCC(C)CC.CCCC.CCCC(C)(C)CC.CCCCCCC(C)C(CCCC)c1ccc(/C=C/c2ccc(CO)cc2)cc1. The molecule has 2 rings (SSSR count). The van der Waals surface area contributed by atoms with Crippen LogP contribution in [0.4, 0.5) is 0 Å². The highest BCUT2D eigenvalue weighted by Gasteiger charge is 2.18. The van der Waals surface area contributed by atoms with E-state index in [1.165, 1.54) is 114 Å². The second-order valence-electron chi connectivity index (χ2n) is 17.9. The summed E-state index contributed by atoms with van der Waals surface area (Å²) in [5, 5.41) is 9.15. The number of rotatable bonds is 22. The molecule has 0 fully saturated rings. The van der Waals surface area contributed by atoms with Crippen molar-refractivity contribution in [3.8, 4) is 0 Å². The fraction of sp³-hybridized carbons (Fsp3) is 0.730. The molecular weight excluding hydrogens is 789 g/mol. The number of carbonyl (C=O) groups excluding carboxylic acids is 1. The fourth-order valence-corrected chi connectivity index (χ4v) is 5.55. The van der Waals surface area contributed by atoms with Gasteiger partial charge in [0.15, 0.2) is 0 Å².